The molecule has 108 valence electrons. The summed E-state index contributed by atoms with van der Waals surface area (Å²) in [5.41, 5.74) is -0.642. The highest BCUT2D eigenvalue weighted by molar-refractivity contribution is 6.39. The number of halogens is 3. The molecule has 0 aromatic heterocycles. The van der Waals surface area contributed by atoms with Gasteiger partial charge in [-0.3, -0.25) is 9.59 Å². The molecule has 0 spiro atoms. The topological polar surface area (TPSA) is 49.4 Å². The first-order valence-corrected chi connectivity index (χ1v) is 6.15. The van der Waals surface area contributed by atoms with Gasteiger partial charge in [-0.05, 0) is 37.1 Å². The summed E-state index contributed by atoms with van der Waals surface area (Å²) in [6.45, 7) is 1.08. The highest BCUT2D eigenvalue weighted by Crippen LogP contribution is 2.29. The number of carbonyl (C=O) groups excluding carboxylic acids is 2. The van der Waals surface area contributed by atoms with E-state index in [4.69, 9.17) is 0 Å². The molecule has 0 atom stereocenters. The number of alkyl halides is 3. The van der Waals surface area contributed by atoms with E-state index in [1.165, 1.54) is 4.90 Å². The molecule has 1 aliphatic rings. The SMILES string of the molecule is O=C(Nc1ccc(C(F)(F)F)cc1)C(=O)N1CCCC1. The van der Waals surface area contributed by atoms with Crippen molar-refractivity contribution in [3.8, 4) is 0 Å². The fourth-order valence-electron chi connectivity index (χ4n) is 1.99. The standard InChI is InChI=1S/C13H13F3N2O2/c14-13(15,16)9-3-5-10(6-4-9)17-11(19)12(20)18-7-1-2-8-18/h3-6H,1-2,7-8H2,(H,17,19). The molecule has 1 aromatic rings. The van der Waals surface area contributed by atoms with Gasteiger partial charge < -0.3 is 10.2 Å². The zero-order valence-corrected chi connectivity index (χ0v) is 10.5. The Hall–Kier alpha value is -2.05. The largest absolute Gasteiger partial charge is 0.416 e. The molecule has 0 saturated carbocycles. The van der Waals surface area contributed by atoms with Crippen molar-refractivity contribution in [2.45, 2.75) is 19.0 Å². The van der Waals surface area contributed by atoms with Crippen LogP contribution in [-0.2, 0) is 15.8 Å². The molecule has 0 bridgehead atoms. The summed E-state index contributed by atoms with van der Waals surface area (Å²) < 4.78 is 37.1. The van der Waals surface area contributed by atoms with Gasteiger partial charge in [0.1, 0.15) is 0 Å². The zero-order valence-electron chi connectivity index (χ0n) is 10.5. The van der Waals surface area contributed by atoms with Gasteiger partial charge >= 0.3 is 18.0 Å². The molecule has 20 heavy (non-hydrogen) atoms. The molecule has 0 radical (unpaired) electrons. The molecular formula is C13H13F3N2O2. The fourth-order valence-corrected chi connectivity index (χ4v) is 1.99. The van der Waals surface area contributed by atoms with E-state index in [-0.39, 0.29) is 5.69 Å². The lowest BCUT2D eigenvalue weighted by Crippen LogP contribution is -2.37. The minimum atomic E-state index is -4.42. The molecule has 2 rings (SSSR count). The monoisotopic (exact) mass is 286 g/mol. The minimum absolute atomic E-state index is 0.163. The Kier molecular flexibility index (Phi) is 3.96. The van der Waals surface area contributed by atoms with E-state index in [2.05, 4.69) is 5.32 Å². The van der Waals surface area contributed by atoms with Crippen LogP contribution in [0.1, 0.15) is 18.4 Å². The summed E-state index contributed by atoms with van der Waals surface area (Å²) in [7, 11) is 0. The number of amides is 2. The third-order valence-corrected chi connectivity index (χ3v) is 3.06. The van der Waals surface area contributed by atoms with Gasteiger partial charge in [0.2, 0.25) is 0 Å². The Bertz CT molecular complexity index is 505. The summed E-state index contributed by atoms with van der Waals surface area (Å²) in [4.78, 5) is 24.8. The average molecular weight is 286 g/mol. The lowest BCUT2D eigenvalue weighted by Gasteiger charge is -2.14. The van der Waals surface area contributed by atoms with Crippen molar-refractivity contribution in [3.63, 3.8) is 0 Å². The van der Waals surface area contributed by atoms with Crippen LogP contribution in [0.25, 0.3) is 0 Å². The second-order valence-electron chi connectivity index (χ2n) is 4.53. The normalized spacial score (nSPS) is 15.2. The van der Waals surface area contributed by atoms with E-state index in [0.717, 1.165) is 37.1 Å². The summed E-state index contributed by atoms with van der Waals surface area (Å²) >= 11 is 0. The molecule has 1 aromatic carbocycles. The number of nitrogens with zero attached hydrogens (tertiary/aromatic N) is 1. The second kappa shape index (κ2) is 5.52. The molecule has 7 heteroatoms. The van der Waals surface area contributed by atoms with Crippen molar-refractivity contribution >= 4 is 17.5 Å². The molecule has 4 nitrogen and oxygen atoms in total. The number of rotatable bonds is 1. The van der Waals surface area contributed by atoms with Crippen molar-refractivity contribution in [1.82, 2.24) is 4.90 Å². The van der Waals surface area contributed by atoms with Gasteiger partial charge in [0.05, 0.1) is 5.56 Å². The van der Waals surface area contributed by atoms with Crippen molar-refractivity contribution in [3.05, 3.63) is 29.8 Å². The van der Waals surface area contributed by atoms with Crippen molar-refractivity contribution in [2.75, 3.05) is 18.4 Å². The lowest BCUT2D eigenvalue weighted by atomic mass is 10.2. The number of carbonyl (C=O) groups is 2. The Morgan fingerprint density at radius 2 is 1.60 bits per heavy atom. The van der Waals surface area contributed by atoms with Crippen LogP contribution in [0, 0.1) is 0 Å². The third kappa shape index (κ3) is 3.28. The van der Waals surface area contributed by atoms with E-state index < -0.39 is 23.6 Å². The van der Waals surface area contributed by atoms with Crippen LogP contribution in [0.15, 0.2) is 24.3 Å². The summed E-state index contributed by atoms with van der Waals surface area (Å²) in [5.74, 6) is -1.48. The summed E-state index contributed by atoms with van der Waals surface area (Å²) in [6.07, 6.45) is -2.70. The van der Waals surface area contributed by atoms with E-state index in [1.54, 1.807) is 0 Å². The number of nitrogens with one attached hydrogen (secondary N) is 1. The molecule has 1 heterocycles. The van der Waals surface area contributed by atoms with Crippen LogP contribution in [0.4, 0.5) is 18.9 Å². The lowest BCUT2D eigenvalue weighted by molar-refractivity contribution is -0.142. The first-order chi connectivity index (χ1) is 9.38. The van der Waals surface area contributed by atoms with Gasteiger partial charge in [0.15, 0.2) is 0 Å². The highest BCUT2D eigenvalue weighted by atomic mass is 19.4. The summed E-state index contributed by atoms with van der Waals surface area (Å²) in [6, 6.07) is 3.96. The van der Waals surface area contributed by atoms with E-state index in [9.17, 15) is 22.8 Å². The average Bonchev–Trinajstić information content (AvgIpc) is 2.91. The molecule has 2 amide bonds. The maximum absolute atomic E-state index is 12.4. The Morgan fingerprint density at radius 3 is 2.10 bits per heavy atom. The van der Waals surface area contributed by atoms with Crippen molar-refractivity contribution in [1.29, 1.82) is 0 Å². The number of benzene rings is 1. The van der Waals surface area contributed by atoms with Gasteiger partial charge in [-0.2, -0.15) is 13.2 Å². The Labute approximate surface area is 113 Å². The van der Waals surface area contributed by atoms with Gasteiger partial charge in [-0.1, -0.05) is 0 Å². The smallest absolute Gasteiger partial charge is 0.334 e. The van der Waals surface area contributed by atoms with Crippen LogP contribution in [-0.4, -0.2) is 29.8 Å². The molecular weight excluding hydrogens is 273 g/mol. The number of likely N-dealkylation sites (tertiary alicyclic amines) is 1. The molecule has 0 unspecified atom stereocenters. The fraction of sp³-hybridized carbons (Fsp3) is 0.385. The van der Waals surface area contributed by atoms with Gasteiger partial charge in [-0.15, -0.1) is 0 Å². The van der Waals surface area contributed by atoms with Crippen LogP contribution >= 0.6 is 0 Å². The Balaban J connectivity index is 1.99. The minimum Gasteiger partial charge on any atom is -0.334 e. The van der Waals surface area contributed by atoms with Crippen LogP contribution < -0.4 is 5.32 Å². The third-order valence-electron chi connectivity index (χ3n) is 3.06. The van der Waals surface area contributed by atoms with Gasteiger partial charge in [0, 0.05) is 18.8 Å². The first kappa shape index (κ1) is 14.4. The van der Waals surface area contributed by atoms with E-state index in [1.807, 2.05) is 0 Å². The maximum Gasteiger partial charge on any atom is 0.416 e. The predicted molar refractivity (Wildman–Crippen MR) is 65.9 cm³/mol. The second-order valence-corrected chi connectivity index (χ2v) is 4.53. The van der Waals surface area contributed by atoms with Gasteiger partial charge in [-0.25, -0.2) is 0 Å². The maximum atomic E-state index is 12.4. The quantitative estimate of drug-likeness (QED) is 0.805. The van der Waals surface area contributed by atoms with Crippen LogP contribution in [0.3, 0.4) is 0 Å². The van der Waals surface area contributed by atoms with Gasteiger partial charge in [0.25, 0.3) is 0 Å². The molecule has 0 aliphatic carbocycles. The van der Waals surface area contributed by atoms with Crippen molar-refractivity contribution < 1.29 is 22.8 Å². The molecule has 1 saturated heterocycles. The van der Waals surface area contributed by atoms with Crippen LogP contribution in [0.2, 0.25) is 0 Å². The van der Waals surface area contributed by atoms with E-state index >= 15 is 0 Å². The zero-order chi connectivity index (χ0) is 14.8. The molecule has 1 N–H and O–H groups in total. The van der Waals surface area contributed by atoms with E-state index in [0.29, 0.717) is 13.1 Å². The number of anilines is 1. The number of hydrogen-bond donors (Lipinski definition) is 1. The summed E-state index contributed by atoms with van der Waals surface area (Å²) in [5, 5.41) is 2.30. The number of hydrogen-bond acceptors (Lipinski definition) is 2. The van der Waals surface area contributed by atoms with Crippen molar-refractivity contribution in [2.24, 2.45) is 0 Å². The molecule has 1 aliphatic heterocycles. The predicted octanol–water partition coefficient (Wildman–Crippen LogP) is 2.27. The molecule has 1 fully saturated rings. The highest BCUT2D eigenvalue weighted by Gasteiger charge is 2.30. The first-order valence-electron chi connectivity index (χ1n) is 6.15. The van der Waals surface area contributed by atoms with Crippen LogP contribution in [0.5, 0.6) is 0 Å². The Morgan fingerprint density at radius 1 is 1.05 bits per heavy atom.